The summed E-state index contributed by atoms with van der Waals surface area (Å²) in [7, 11) is 3.87. The topological polar surface area (TPSA) is 42.5 Å². The van der Waals surface area contributed by atoms with Gasteiger partial charge in [0.25, 0.3) is 0 Å². The third-order valence-electron chi connectivity index (χ3n) is 1.84. The Balaban J connectivity index is 3.77. The van der Waals surface area contributed by atoms with Crippen LogP contribution in [0.4, 0.5) is 0 Å². The molecule has 0 atom stereocenters. The molecule has 0 aliphatic rings. The quantitative estimate of drug-likeness (QED) is 0.573. The van der Waals surface area contributed by atoms with Gasteiger partial charge in [0.05, 0.1) is 0 Å². The summed E-state index contributed by atoms with van der Waals surface area (Å²) in [6, 6.07) is 0. The van der Waals surface area contributed by atoms with Crippen LogP contribution in [-0.2, 0) is 5.37 Å². The van der Waals surface area contributed by atoms with Crippen LogP contribution in [0.2, 0.25) is 0 Å². The van der Waals surface area contributed by atoms with Crippen molar-refractivity contribution in [1.29, 1.82) is 0 Å². The minimum absolute atomic E-state index is 0.104. The first-order chi connectivity index (χ1) is 6.83. The van der Waals surface area contributed by atoms with Crippen LogP contribution in [0.25, 0.3) is 0 Å². The molecular formula is C10H24N2O2Pb. The fourth-order valence-electron chi connectivity index (χ4n) is 1.17. The zero-order chi connectivity index (χ0) is 11.9. The molecule has 0 rings (SSSR count). The number of hydrogen-bond donors (Lipinski definition) is 2. The molecule has 0 aliphatic heterocycles. The van der Waals surface area contributed by atoms with Crippen molar-refractivity contribution in [2.45, 2.75) is 38.9 Å². The normalized spacial score (nSPS) is 13.2. The Kier molecular flexibility index (Phi) is 7.52. The van der Waals surface area contributed by atoms with Crippen molar-refractivity contribution in [2.75, 3.05) is 27.2 Å². The summed E-state index contributed by atoms with van der Waals surface area (Å²) in [6.45, 7) is 10.1. The van der Waals surface area contributed by atoms with Crippen LogP contribution in [0.5, 0.6) is 0 Å². The standard InChI is InChI=1S/2C5H12NO.Pb/c2*1-5(2,7)4-6-3;/h2*6H,4H2,1-3H3;/q2*-1;+2. The van der Waals surface area contributed by atoms with E-state index in [0.717, 1.165) is 13.1 Å². The summed E-state index contributed by atoms with van der Waals surface area (Å²) in [6.07, 6.45) is 0. The molecule has 2 N–H and O–H groups in total. The molecule has 0 saturated carbocycles. The third-order valence-corrected chi connectivity index (χ3v) is 6.79. The fraction of sp³-hybridized carbons (Fsp3) is 1.00. The van der Waals surface area contributed by atoms with Gasteiger partial charge in [-0.25, -0.2) is 0 Å². The van der Waals surface area contributed by atoms with Crippen molar-refractivity contribution in [2.24, 2.45) is 0 Å². The zero-order valence-corrected chi connectivity index (χ0v) is 14.6. The number of rotatable bonds is 8. The predicted molar refractivity (Wildman–Crippen MR) is 63.9 cm³/mol. The molecule has 0 unspecified atom stereocenters. The third kappa shape index (κ3) is 8.56. The summed E-state index contributed by atoms with van der Waals surface area (Å²) in [5, 5.41) is 6.24. The van der Waals surface area contributed by atoms with Crippen molar-refractivity contribution in [3.8, 4) is 0 Å². The summed E-state index contributed by atoms with van der Waals surface area (Å²) >= 11 is -1.41. The van der Waals surface area contributed by atoms with Gasteiger partial charge in [-0.1, -0.05) is 0 Å². The molecule has 0 amide bonds. The molecule has 0 aliphatic carbocycles. The molecule has 0 aromatic rings. The van der Waals surface area contributed by atoms with Gasteiger partial charge in [-0.15, -0.1) is 0 Å². The van der Waals surface area contributed by atoms with Crippen molar-refractivity contribution in [3.05, 3.63) is 0 Å². The van der Waals surface area contributed by atoms with E-state index in [-0.39, 0.29) is 11.2 Å². The van der Waals surface area contributed by atoms with E-state index in [4.69, 9.17) is 5.37 Å². The molecule has 0 aromatic carbocycles. The van der Waals surface area contributed by atoms with Crippen LogP contribution in [0.15, 0.2) is 0 Å². The molecule has 0 spiro atoms. The van der Waals surface area contributed by atoms with E-state index >= 15 is 0 Å². The number of likely N-dealkylation sites (N-methyl/N-ethyl adjacent to an activating group) is 2. The molecular weight excluding hydrogens is 387 g/mol. The second-order valence-corrected chi connectivity index (χ2v) is 7.10. The minimum atomic E-state index is -1.41. The van der Waals surface area contributed by atoms with E-state index in [1.54, 1.807) is 0 Å². The molecule has 0 heterocycles. The summed E-state index contributed by atoms with van der Waals surface area (Å²) in [5.74, 6) is 0. The van der Waals surface area contributed by atoms with Gasteiger partial charge in [0.1, 0.15) is 0 Å². The average Bonchev–Trinajstić information content (AvgIpc) is 2.02. The molecule has 0 bridgehead atoms. The van der Waals surface area contributed by atoms with Crippen LogP contribution in [0.3, 0.4) is 0 Å². The molecule has 0 saturated heterocycles. The van der Waals surface area contributed by atoms with Crippen molar-refractivity contribution < 1.29 is 5.37 Å². The van der Waals surface area contributed by atoms with Crippen LogP contribution >= 0.6 is 0 Å². The van der Waals surface area contributed by atoms with Gasteiger partial charge >= 0.3 is 107 Å². The van der Waals surface area contributed by atoms with Gasteiger partial charge in [-0.05, 0) is 0 Å². The Bertz CT molecular complexity index is 157. The maximum atomic E-state index is 5.83. The van der Waals surface area contributed by atoms with Gasteiger partial charge < -0.3 is 0 Å². The Morgan fingerprint density at radius 3 is 1.47 bits per heavy atom. The molecule has 0 aromatic heterocycles. The molecule has 5 heteroatoms. The monoisotopic (exact) mass is 412 g/mol. The van der Waals surface area contributed by atoms with Gasteiger partial charge in [0.15, 0.2) is 0 Å². The SMILES string of the molecule is CNCC(C)(C)[O][Pb][O]C(C)(C)CNC. The van der Waals surface area contributed by atoms with Gasteiger partial charge in [0, 0.05) is 0 Å². The second-order valence-electron chi connectivity index (χ2n) is 4.87. The fourth-order valence-corrected chi connectivity index (χ4v) is 3.65. The Morgan fingerprint density at radius 1 is 0.867 bits per heavy atom. The van der Waals surface area contributed by atoms with E-state index < -0.39 is 25.1 Å². The molecule has 4 nitrogen and oxygen atoms in total. The summed E-state index contributed by atoms with van der Waals surface area (Å²) < 4.78 is 11.7. The van der Waals surface area contributed by atoms with Crippen LogP contribution < -0.4 is 10.6 Å². The maximum absolute atomic E-state index is 5.83. The first-order valence-electron chi connectivity index (χ1n) is 5.23. The number of hydrogen-bond acceptors (Lipinski definition) is 4. The van der Waals surface area contributed by atoms with Gasteiger partial charge in [-0.3, -0.25) is 0 Å². The Morgan fingerprint density at radius 2 is 1.20 bits per heavy atom. The van der Waals surface area contributed by atoms with E-state index in [1.807, 2.05) is 14.1 Å². The van der Waals surface area contributed by atoms with Crippen molar-refractivity contribution in [1.82, 2.24) is 10.6 Å². The van der Waals surface area contributed by atoms with Crippen LogP contribution in [0.1, 0.15) is 27.7 Å². The van der Waals surface area contributed by atoms with Crippen molar-refractivity contribution >= 4 is 25.1 Å². The van der Waals surface area contributed by atoms with Gasteiger partial charge in [0.2, 0.25) is 0 Å². The predicted octanol–water partition coefficient (Wildman–Crippen LogP) is 0.550. The Hall–Kier alpha value is 0.762. The average molecular weight is 412 g/mol. The van der Waals surface area contributed by atoms with Crippen LogP contribution in [0, 0.1) is 0 Å². The van der Waals surface area contributed by atoms with E-state index in [9.17, 15) is 0 Å². The summed E-state index contributed by atoms with van der Waals surface area (Å²) in [5.41, 5.74) is -0.207. The first-order valence-corrected chi connectivity index (χ1v) is 8.40. The Labute approximate surface area is 107 Å². The second kappa shape index (κ2) is 7.16. The first kappa shape index (κ1) is 15.8. The van der Waals surface area contributed by atoms with Crippen molar-refractivity contribution in [3.63, 3.8) is 0 Å². The summed E-state index contributed by atoms with van der Waals surface area (Å²) in [4.78, 5) is 0. The molecule has 0 fully saturated rings. The van der Waals surface area contributed by atoms with E-state index in [0.29, 0.717) is 0 Å². The van der Waals surface area contributed by atoms with E-state index in [2.05, 4.69) is 38.3 Å². The zero-order valence-electron chi connectivity index (χ0n) is 10.7. The molecule has 15 heavy (non-hydrogen) atoms. The molecule has 2 radical (unpaired) electrons. The number of nitrogens with one attached hydrogen (secondary N) is 2. The van der Waals surface area contributed by atoms with Crippen LogP contribution in [-0.4, -0.2) is 63.5 Å². The van der Waals surface area contributed by atoms with E-state index in [1.165, 1.54) is 0 Å². The molecule has 90 valence electrons. The van der Waals surface area contributed by atoms with Gasteiger partial charge in [-0.2, -0.15) is 0 Å².